The quantitative estimate of drug-likeness (QED) is 0.742. The molecule has 0 saturated carbocycles. The van der Waals surface area contributed by atoms with Crippen molar-refractivity contribution in [2.45, 2.75) is 26.0 Å². The molecule has 2 heteroatoms. The summed E-state index contributed by atoms with van der Waals surface area (Å²) >= 11 is 0. The van der Waals surface area contributed by atoms with Crippen molar-refractivity contribution < 1.29 is 4.74 Å². The normalized spacial score (nSPS) is 16.3. The lowest BCUT2D eigenvalue weighted by molar-refractivity contribution is 0.305. The SMILES string of the molecule is Cc1ccc(C2NCCc3cc(OCc4ccccc4)ccc32)cc1. The zero-order chi connectivity index (χ0) is 17.1. The predicted molar refractivity (Wildman–Crippen MR) is 102 cm³/mol. The number of benzene rings is 3. The first-order valence-corrected chi connectivity index (χ1v) is 8.89. The molecule has 0 amide bonds. The minimum absolute atomic E-state index is 0.271. The van der Waals surface area contributed by atoms with Gasteiger partial charge >= 0.3 is 0 Å². The highest BCUT2D eigenvalue weighted by molar-refractivity contribution is 5.44. The maximum atomic E-state index is 5.99. The summed E-state index contributed by atoms with van der Waals surface area (Å²) in [6.45, 7) is 3.73. The average Bonchev–Trinajstić information content (AvgIpc) is 2.67. The van der Waals surface area contributed by atoms with Crippen LogP contribution in [0.3, 0.4) is 0 Å². The standard InChI is InChI=1S/C23H23NO/c1-17-7-9-19(10-8-17)23-22-12-11-21(15-20(22)13-14-24-23)25-16-18-5-3-2-4-6-18/h2-12,15,23-24H,13-14,16H2,1H3. The molecule has 126 valence electrons. The van der Waals surface area contributed by atoms with Crippen LogP contribution >= 0.6 is 0 Å². The summed E-state index contributed by atoms with van der Waals surface area (Å²) in [5.41, 5.74) is 6.56. The van der Waals surface area contributed by atoms with Gasteiger partial charge in [-0.1, -0.05) is 66.2 Å². The summed E-state index contributed by atoms with van der Waals surface area (Å²) in [6, 6.07) is 25.9. The molecule has 3 aromatic rings. The highest BCUT2D eigenvalue weighted by atomic mass is 16.5. The topological polar surface area (TPSA) is 21.3 Å². The van der Waals surface area contributed by atoms with Crippen molar-refractivity contribution in [3.8, 4) is 5.75 Å². The third-order valence-corrected chi connectivity index (χ3v) is 4.83. The third-order valence-electron chi connectivity index (χ3n) is 4.83. The van der Waals surface area contributed by atoms with Gasteiger partial charge in [0.15, 0.2) is 0 Å². The van der Waals surface area contributed by atoms with Crippen molar-refractivity contribution in [1.29, 1.82) is 0 Å². The first-order valence-electron chi connectivity index (χ1n) is 8.89. The summed E-state index contributed by atoms with van der Waals surface area (Å²) in [5.74, 6) is 0.951. The zero-order valence-corrected chi connectivity index (χ0v) is 14.5. The molecule has 0 aromatic heterocycles. The fourth-order valence-electron chi connectivity index (χ4n) is 3.43. The van der Waals surface area contributed by atoms with Crippen LogP contribution in [0, 0.1) is 6.92 Å². The van der Waals surface area contributed by atoms with Gasteiger partial charge in [0.05, 0.1) is 6.04 Å². The van der Waals surface area contributed by atoms with Crippen LogP contribution in [0.2, 0.25) is 0 Å². The van der Waals surface area contributed by atoms with Gasteiger partial charge in [-0.15, -0.1) is 0 Å². The molecule has 0 aliphatic carbocycles. The first kappa shape index (κ1) is 15.9. The van der Waals surface area contributed by atoms with Gasteiger partial charge in [-0.3, -0.25) is 0 Å². The van der Waals surface area contributed by atoms with E-state index in [0.717, 1.165) is 18.7 Å². The van der Waals surface area contributed by atoms with Crippen LogP contribution in [0.15, 0.2) is 72.8 Å². The Labute approximate surface area is 149 Å². The molecule has 0 spiro atoms. The molecule has 1 aliphatic heterocycles. The number of hydrogen-bond donors (Lipinski definition) is 1. The van der Waals surface area contributed by atoms with Gasteiger partial charge in [0.2, 0.25) is 0 Å². The van der Waals surface area contributed by atoms with E-state index >= 15 is 0 Å². The molecule has 2 nitrogen and oxygen atoms in total. The molecule has 0 bridgehead atoms. The van der Waals surface area contributed by atoms with Crippen molar-refractivity contribution in [2.75, 3.05) is 6.54 Å². The van der Waals surface area contributed by atoms with Gasteiger partial charge in [0, 0.05) is 6.54 Å². The molecule has 3 aromatic carbocycles. The highest BCUT2D eigenvalue weighted by Gasteiger charge is 2.21. The number of hydrogen-bond acceptors (Lipinski definition) is 2. The second kappa shape index (κ2) is 7.12. The van der Waals surface area contributed by atoms with Crippen LogP contribution in [0.1, 0.15) is 33.9 Å². The molecular weight excluding hydrogens is 306 g/mol. The van der Waals surface area contributed by atoms with E-state index in [9.17, 15) is 0 Å². The largest absolute Gasteiger partial charge is 0.489 e. The molecular formula is C23H23NO. The van der Waals surface area contributed by atoms with Crippen LogP contribution in [0.25, 0.3) is 0 Å². The highest BCUT2D eigenvalue weighted by Crippen LogP contribution is 2.31. The predicted octanol–water partition coefficient (Wildman–Crippen LogP) is 4.81. The van der Waals surface area contributed by atoms with Crippen LogP contribution < -0.4 is 10.1 Å². The van der Waals surface area contributed by atoms with E-state index in [4.69, 9.17) is 4.74 Å². The van der Waals surface area contributed by atoms with Crippen LogP contribution in [0.4, 0.5) is 0 Å². The molecule has 0 saturated heterocycles. The number of fused-ring (bicyclic) bond motifs is 1. The van der Waals surface area contributed by atoms with Crippen molar-refractivity contribution in [2.24, 2.45) is 0 Å². The van der Waals surface area contributed by atoms with E-state index < -0.39 is 0 Å². The zero-order valence-electron chi connectivity index (χ0n) is 14.5. The lowest BCUT2D eigenvalue weighted by atomic mass is 9.89. The van der Waals surface area contributed by atoms with Gasteiger partial charge in [0.25, 0.3) is 0 Å². The molecule has 1 aliphatic rings. The maximum Gasteiger partial charge on any atom is 0.120 e. The van der Waals surface area contributed by atoms with Crippen molar-refractivity contribution >= 4 is 0 Å². The summed E-state index contributed by atoms with van der Waals surface area (Å²) in [4.78, 5) is 0. The van der Waals surface area contributed by atoms with E-state index in [2.05, 4.69) is 66.8 Å². The Bertz CT molecular complexity index is 840. The lowest BCUT2D eigenvalue weighted by Crippen LogP contribution is -2.30. The van der Waals surface area contributed by atoms with Gasteiger partial charge in [-0.05, 0) is 47.7 Å². The monoisotopic (exact) mass is 329 g/mol. The Balaban J connectivity index is 1.54. The first-order chi connectivity index (χ1) is 12.3. The van der Waals surface area contributed by atoms with E-state index in [0.29, 0.717) is 6.61 Å². The van der Waals surface area contributed by atoms with Crippen molar-refractivity contribution in [1.82, 2.24) is 5.32 Å². The molecule has 1 N–H and O–H groups in total. The van der Waals surface area contributed by atoms with E-state index in [1.807, 2.05) is 18.2 Å². The fraction of sp³-hybridized carbons (Fsp3) is 0.217. The summed E-state index contributed by atoms with van der Waals surface area (Å²) in [5, 5.41) is 3.65. The Morgan fingerprint density at radius 1 is 0.960 bits per heavy atom. The Morgan fingerprint density at radius 2 is 1.76 bits per heavy atom. The lowest BCUT2D eigenvalue weighted by Gasteiger charge is -2.28. The van der Waals surface area contributed by atoms with Gasteiger partial charge in [-0.25, -0.2) is 0 Å². The number of aryl methyl sites for hydroxylation is 1. The number of ether oxygens (including phenoxy) is 1. The summed E-state index contributed by atoms with van der Waals surface area (Å²) in [7, 11) is 0. The van der Waals surface area contributed by atoms with Gasteiger partial charge in [-0.2, -0.15) is 0 Å². The molecule has 1 unspecified atom stereocenters. The van der Waals surface area contributed by atoms with E-state index in [1.165, 1.54) is 27.8 Å². The average molecular weight is 329 g/mol. The fourth-order valence-corrected chi connectivity index (χ4v) is 3.43. The second-order valence-electron chi connectivity index (χ2n) is 6.68. The molecule has 4 rings (SSSR count). The van der Waals surface area contributed by atoms with Crippen molar-refractivity contribution in [3.63, 3.8) is 0 Å². The number of rotatable bonds is 4. The Hall–Kier alpha value is -2.58. The van der Waals surface area contributed by atoms with Gasteiger partial charge < -0.3 is 10.1 Å². The van der Waals surface area contributed by atoms with E-state index in [-0.39, 0.29) is 6.04 Å². The molecule has 1 atom stereocenters. The van der Waals surface area contributed by atoms with Crippen LogP contribution in [-0.2, 0) is 13.0 Å². The maximum absolute atomic E-state index is 5.99. The van der Waals surface area contributed by atoms with E-state index in [1.54, 1.807) is 0 Å². The molecule has 1 heterocycles. The smallest absolute Gasteiger partial charge is 0.120 e. The van der Waals surface area contributed by atoms with Crippen LogP contribution in [-0.4, -0.2) is 6.54 Å². The van der Waals surface area contributed by atoms with Gasteiger partial charge in [0.1, 0.15) is 12.4 Å². The molecule has 0 fully saturated rings. The molecule has 0 radical (unpaired) electrons. The van der Waals surface area contributed by atoms with Crippen LogP contribution in [0.5, 0.6) is 5.75 Å². The summed E-state index contributed by atoms with van der Waals surface area (Å²) < 4.78 is 5.99. The molecule has 25 heavy (non-hydrogen) atoms. The minimum atomic E-state index is 0.271. The number of nitrogens with one attached hydrogen (secondary N) is 1. The van der Waals surface area contributed by atoms with Crippen molar-refractivity contribution in [3.05, 3.63) is 101 Å². The summed E-state index contributed by atoms with van der Waals surface area (Å²) in [6.07, 6.45) is 1.04. The Morgan fingerprint density at radius 3 is 2.56 bits per heavy atom. The minimum Gasteiger partial charge on any atom is -0.489 e. The second-order valence-corrected chi connectivity index (χ2v) is 6.68. The third kappa shape index (κ3) is 3.59. The Kier molecular flexibility index (Phi) is 4.53.